The van der Waals surface area contributed by atoms with Crippen molar-refractivity contribution in [2.75, 3.05) is 7.11 Å². The molecule has 1 aromatic carbocycles. The minimum absolute atomic E-state index is 0.190. The SMILES string of the molecule is COC(=O)c1ccccc1Cn1ccc(C(N)=O)n1. The van der Waals surface area contributed by atoms with Crippen molar-refractivity contribution in [1.29, 1.82) is 0 Å². The first kappa shape index (κ1) is 12.8. The summed E-state index contributed by atoms with van der Waals surface area (Å²) >= 11 is 0. The van der Waals surface area contributed by atoms with Crippen molar-refractivity contribution in [3.05, 3.63) is 53.3 Å². The molecular weight excluding hydrogens is 246 g/mol. The number of ether oxygens (including phenoxy) is 1. The highest BCUT2D eigenvalue weighted by molar-refractivity contribution is 5.91. The Bertz CT molecular complexity index is 619. The van der Waals surface area contributed by atoms with Crippen LogP contribution in [0.3, 0.4) is 0 Å². The Morgan fingerprint density at radius 2 is 2.05 bits per heavy atom. The second kappa shape index (κ2) is 5.34. The minimum atomic E-state index is -0.583. The molecule has 0 radical (unpaired) electrons. The molecule has 2 N–H and O–H groups in total. The summed E-state index contributed by atoms with van der Waals surface area (Å²) in [6.07, 6.45) is 1.63. The number of benzene rings is 1. The van der Waals surface area contributed by atoms with Crippen LogP contribution < -0.4 is 5.73 Å². The van der Waals surface area contributed by atoms with Crippen molar-refractivity contribution in [3.8, 4) is 0 Å². The van der Waals surface area contributed by atoms with Crippen LogP contribution in [-0.4, -0.2) is 28.8 Å². The molecule has 0 aliphatic heterocycles. The third-order valence-electron chi connectivity index (χ3n) is 2.65. The van der Waals surface area contributed by atoms with Crippen molar-refractivity contribution in [2.24, 2.45) is 5.73 Å². The molecule has 0 fully saturated rings. The number of carbonyl (C=O) groups excluding carboxylic acids is 2. The molecule has 1 aromatic heterocycles. The summed E-state index contributed by atoms with van der Waals surface area (Å²) in [7, 11) is 1.33. The number of nitrogens with zero attached hydrogens (tertiary/aromatic N) is 2. The number of primary amides is 1. The lowest BCUT2D eigenvalue weighted by Gasteiger charge is -2.07. The molecule has 0 atom stereocenters. The van der Waals surface area contributed by atoms with Crippen LogP contribution in [0.5, 0.6) is 0 Å². The van der Waals surface area contributed by atoms with Gasteiger partial charge in [-0.2, -0.15) is 5.10 Å². The third-order valence-corrected chi connectivity index (χ3v) is 2.65. The molecular formula is C13H13N3O3. The van der Waals surface area contributed by atoms with Crippen molar-refractivity contribution in [1.82, 2.24) is 9.78 Å². The van der Waals surface area contributed by atoms with Gasteiger partial charge in [0.15, 0.2) is 0 Å². The van der Waals surface area contributed by atoms with E-state index in [-0.39, 0.29) is 5.69 Å². The zero-order valence-electron chi connectivity index (χ0n) is 10.4. The lowest BCUT2D eigenvalue weighted by atomic mass is 10.1. The molecule has 6 nitrogen and oxygen atoms in total. The Hall–Kier alpha value is -2.63. The number of carbonyl (C=O) groups is 2. The van der Waals surface area contributed by atoms with Gasteiger partial charge >= 0.3 is 5.97 Å². The smallest absolute Gasteiger partial charge is 0.338 e. The number of hydrogen-bond donors (Lipinski definition) is 1. The number of aromatic nitrogens is 2. The molecule has 0 saturated heterocycles. The zero-order chi connectivity index (χ0) is 13.8. The monoisotopic (exact) mass is 259 g/mol. The highest BCUT2D eigenvalue weighted by Gasteiger charge is 2.12. The largest absolute Gasteiger partial charge is 0.465 e. The van der Waals surface area contributed by atoms with Gasteiger partial charge in [-0.15, -0.1) is 0 Å². The van der Waals surface area contributed by atoms with Crippen molar-refractivity contribution >= 4 is 11.9 Å². The van der Waals surface area contributed by atoms with Crippen LogP contribution in [0.15, 0.2) is 36.5 Å². The fraction of sp³-hybridized carbons (Fsp3) is 0.154. The van der Waals surface area contributed by atoms with E-state index in [0.29, 0.717) is 12.1 Å². The van der Waals surface area contributed by atoms with E-state index < -0.39 is 11.9 Å². The molecule has 0 aliphatic carbocycles. The average molecular weight is 259 g/mol. The normalized spacial score (nSPS) is 10.2. The first-order valence-corrected chi connectivity index (χ1v) is 5.61. The van der Waals surface area contributed by atoms with E-state index in [9.17, 15) is 9.59 Å². The van der Waals surface area contributed by atoms with Crippen LogP contribution in [0.1, 0.15) is 26.4 Å². The summed E-state index contributed by atoms with van der Waals surface area (Å²) < 4.78 is 6.26. The minimum Gasteiger partial charge on any atom is -0.465 e. The van der Waals surface area contributed by atoms with E-state index in [1.165, 1.54) is 13.2 Å². The lowest BCUT2D eigenvalue weighted by molar-refractivity contribution is 0.0599. The Morgan fingerprint density at radius 1 is 1.32 bits per heavy atom. The molecule has 19 heavy (non-hydrogen) atoms. The molecule has 0 unspecified atom stereocenters. The predicted octanol–water partition coefficient (Wildman–Crippen LogP) is 0.817. The molecule has 1 heterocycles. The number of amides is 1. The molecule has 2 rings (SSSR count). The third kappa shape index (κ3) is 2.79. The highest BCUT2D eigenvalue weighted by atomic mass is 16.5. The molecule has 98 valence electrons. The Labute approximate surface area is 109 Å². The van der Waals surface area contributed by atoms with Gasteiger partial charge in [-0.25, -0.2) is 4.79 Å². The maximum absolute atomic E-state index is 11.6. The molecule has 6 heteroatoms. The van der Waals surface area contributed by atoms with E-state index in [4.69, 9.17) is 10.5 Å². The van der Waals surface area contributed by atoms with Gasteiger partial charge in [-0.1, -0.05) is 18.2 Å². The number of methoxy groups -OCH3 is 1. The summed E-state index contributed by atoms with van der Waals surface area (Å²) in [5.41, 5.74) is 6.55. The highest BCUT2D eigenvalue weighted by Crippen LogP contribution is 2.11. The zero-order valence-corrected chi connectivity index (χ0v) is 10.4. The summed E-state index contributed by atoms with van der Waals surface area (Å²) in [6.45, 7) is 0.360. The Balaban J connectivity index is 2.27. The fourth-order valence-corrected chi connectivity index (χ4v) is 1.72. The number of esters is 1. The van der Waals surface area contributed by atoms with Crippen molar-refractivity contribution < 1.29 is 14.3 Å². The van der Waals surface area contributed by atoms with Gasteiger partial charge in [-0.05, 0) is 17.7 Å². The van der Waals surface area contributed by atoms with Gasteiger partial charge in [0.05, 0.1) is 19.2 Å². The van der Waals surface area contributed by atoms with Crippen LogP contribution in [0.2, 0.25) is 0 Å². The lowest BCUT2D eigenvalue weighted by Crippen LogP contribution is -2.13. The van der Waals surface area contributed by atoms with Crippen LogP contribution >= 0.6 is 0 Å². The van der Waals surface area contributed by atoms with Crippen LogP contribution in [0.25, 0.3) is 0 Å². The second-order valence-corrected chi connectivity index (χ2v) is 3.91. The van der Waals surface area contributed by atoms with Crippen LogP contribution in [-0.2, 0) is 11.3 Å². The van der Waals surface area contributed by atoms with Crippen LogP contribution in [0.4, 0.5) is 0 Å². The first-order valence-electron chi connectivity index (χ1n) is 5.61. The van der Waals surface area contributed by atoms with Crippen LogP contribution in [0, 0.1) is 0 Å². The second-order valence-electron chi connectivity index (χ2n) is 3.91. The van der Waals surface area contributed by atoms with E-state index in [0.717, 1.165) is 5.56 Å². The number of nitrogens with two attached hydrogens (primary N) is 1. The molecule has 0 bridgehead atoms. The topological polar surface area (TPSA) is 87.2 Å². The van der Waals surface area contributed by atoms with E-state index in [1.54, 1.807) is 29.1 Å². The standard InChI is InChI=1S/C13H13N3O3/c1-19-13(18)10-5-3-2-4-9(10)8-16-7-6-11(15-16)12(14)17/h2-7H,8H2,1H3,(H2,14,17). The Morgan fingerprint density at radius 3 is 2.68 bits per heavy atom. The van der Waals surface area contributed by atoms with E-state index in [2.05, 4.69) is 5.10 Å². The van der Waals surface area contributed by atoms with Crippen molar-refractivity contribution in [2.45, 2.75) is 6.54 Å². The summed E-state index contributed by atoms with van der Waals surface area (Å²) in [4.78, 5) is 22.6. The van der Waals surface area contributed by atoms with E-state index >= 15 is 0 Å². The molecule has 2 aromatic rings. The Kier molecular flexibility index (Phi) is 3.61. The molecule has 0 saturated carbocycles. The quantitative estimate of drug-likeness (QED) is 0.823. The average Bonchev–Trinajstić information content (AvgIpc) is 2.87. The van der Waals surface area contributed by atoms with Gasteiger partial charge in [-0.3, -0.25) is 9.48 Å². The van der Waals surface area contributed by atoms with Crippen molar-refractivity contribution in [3.63, 3.8) is 0 Å². The fourth-order valence-electron chi connectivity index (χ4n) is 1.72. The molecule has 1 amide bonds. The number of hydrogen-bond acceptors (Lipinski definition) is 4. The maximum Gasteiger partial charge on any atom is 0.338 e. The molecule has 0 aliphatic rings. The van der Waals surface area contributed by atoms with E-state index in [1.807, 2.05) is 6.07 Å². The van der Waals surface area contributed by atoms with Gasteiger partial charge in [0, 0.05) is 6.20 Å². The number of rotatable bonds is 4. The van der Waals surface area contributed by atoms with Gasteiger partial charge < -0.3 is 10.5 Å². The van der Waals surface area contributed by atoms with Gasteiger partial charge in [0.1, 0.15) is 5.69 Å². The maximum atomic E-state index is 11.6. The summed E-state index contributed by atoms with van der Waals surface area (Å²) in [5.74, 6) is -0.988. The summed E-state index contributed by atoms with van der Waals surface area (Å²) in [6, 6.07) is 8.59. The summed E-state index contributed by atoms with van der Waals surface area (Å²) in [5, 5.41) is 4.02. The predicted molar refractivity (Wildman–Crippen MR) is 67.6 cm³/mol. The first-order chi connectivity index (χ1) is 9.11. The molecule has 0 spiro atoms. The van der Waals surface area contributed by atoms with Gasteiger partial charge in [0.25, 0.3) is 5.91 Å². The van der Waals surface area contributed by atoms with Gasteiger partial charge in [0.2, 0.25) is 0 Å².